The van der Waals surface area contributed by atoms with Crippen molar-refractivity contribution in [2.75, 3.05) is 0 Å². The van der Waals surface area contributed by atoms with Gasteiger partial charge in [0.15, 0.2) is 0 Å². The third kappa shape index (κ3) is 5.69. The standard InChI is InChI=1S/C12H20BrNS/c1-2-3-4-5-6-10(14)9-11-7-8-12(13)15-11/h7-8,10H,2-6,9,14H2,1H3. The summed E-state index contributed by atoms with van der Waals surface area (Å²) in [5.41, 5.74) is 6.09. The Kier molecular flexibility index (Phi) is 6.53. The van der Waals surface area contributed by atoms with Gasteiger partial charge in [-0.3, -0.25) is 0 Å². The van der Waals surface area contributed by atoms with Crippen molar-refractivity contribution >= 4 is 27.3 Å². The monoisotopic (exact) mass is 289 g/mol. The largest absolute Gasteiger partial charge is 0.327 e. The van der Waals surface area contributed by atoms with Crippen LogP contribution >= 0.6 is 27.3 Å². The molecule has 0 spiro atoms. The summed E-state index contributed by atoms with van der Waals surface area (Å²) in [6.07, 6.45) is 7.45. The van der Waals surface area contributed by atoms with Crippen molar-refractivity contribution in [1.82, 2.24) is 0 Å². The molecule has 0 fully saturated rings. The molecule has 2 N–H and O–H groups in total. The van der Waals surface area contributed by atoms with Gasteiger partial charge in [-0.25, -0.2) is 0 Å². The molecule has 0 aliphatic heterocycles. The van der Waals surface area contributed by atoms with Crippen LogP contribution in [0.1, 0.15) is 43.9 Å². The predicted molar refractivity (Wildman–Crippen MR) is 72.5 cm³/mol. The van der Waals surface area contributed by atoms with Crippen LogP contribution in [0.5, 0.6) is 0 Å². The number of thiophene rings is 1. The summed E-state index contributed by atoms with van der Waals surface area (Å²) in [4.78, 5) is 1.39. The second kappa shape index (κ2) is 7.42. The zero-order valence-corrected chi connectivity index (χ0v) is 11.7. The highest BCUT2D eigenvalue weighted by atomic mass is 79.9. The van der Waals surface area contributed by atoms with Crippen molar-refractivity contribution in [2.24, 2.45) is 5.73 Å². The zero-order valence-electron chi connectivity index (χ0n) is 9.34. The van der Waals surface area contributed by atoms with E-state index in [0.717, 1.165) is 12.8 Å². The normalized spacial score (nSPS) is 13.0. The van der Waals surface area contributed by atoms with E-state index >= 15 is 0 Å². The van der Waals surface area contributed by atoms with Crippen molar-refractivity contribution in [1.29, 1.82) is 0 Å². The third-order valence-corrected chi connectivity index (χ3v) is 4.17. The number of hydrogen-bond donors (Lipinski definition) is 1. The van der Waals surface area contributed by atoms with Crippen LogP contribution in [0.15, 0.2) is 15.9 Å². The van der Waals surface area contributed by atoms with Gasteiger partial charge in [0.25, 0.3) is 0 Å². The Morgan fingerprint density at radius 1 is 1.33 bits per heavy atom. The van der Waals surface area contributed by atoms with Gasteiger partial charge in [-0.05, 0) is 40.9 Å². The zero-order chi connectivity index (χ0) is 11.1. The fraction of sp³-hybridized carbons (Fsp3) is 0.667. The predicted octanol–water partition coefficient (Wildman–Crippen LogP) is 4.35. The number of unbranched alkanes of at least 4 members (excludes halogenated alkanes) is 3. The summed E-state index contributed by atoms with van der Waals surface area (Å²) < 4.78 is 1.20. The quantitative estimate of drug-likeness (QED) is 0.742. The van der Waals surface area contributed by atoms with Gasteiger partial charge in [0, 0.05) is 10.9 Å². The van der Waals surface area contributed by atoms with E-state index in [1.54, 1.807) is 11.3 Å². The fourth-order valence-electron chi connectivity index (χ4n) is 1.66. The van der Waals surface area contributed by atoms with Gasteiger partial charge in [0.05, 0.1) is 3.79 Å². The van der Waals surface area contributed by atoms with Gasteiger partial charge in [-0.15, -0.1) is 11.3 Å². The third-order valence-electron chi connectivity index (χ3n) is 2.52. The first-order valence-electron chi connectivity index (χ1n) is 5.72. The Labute approximate surface area is 105 Å². The molecule has 0 saturated heterocycles. The molecule has 3 heteroatoms. The highest BCUT2D eigenvalue weighted by Gasteiger charge is 2.05. The van der Waals surface area contributed by atoms with E-state index in [9.17, 15) is 0 Å². The maximum Gasteiger partial charge on any atom is 0.0701 e. The minimum absolute atomic E-state index is 0.340. The molecule has 0 bridgehead atoms. The summed E-state index contributed by atoms with van der Waals surface area (Å²) >= 11 is 5.27. The topological polar surface area (TPSA) is 26.0 Å². The molecule has 1 aromatic heterocycles. The van der Waals surface area contributed by atoms with Crippen LogP contribution in [0.2, 0.25) is 0 Å². The second-order valence-electron chi connectivity index (χ2n) is 4.02. The van der Waals surface area contributed by atoms with Crippen LogP contribution in [-0.2, 0) is 6.42 Å². The SMILES string of the molecule is CCCCCCC(N)Cc1ccc(Br)s1. The Balaban J connectivity index is 2.15. The number of halogens is 1. The van der Waals surface area contributed by atoms with Crippen LogP contribution in [-0.4, -0.2) is 6.04 Å². The molecule has 0 saturated carbocycles. The van der Waals surface area contributed by atoms with E-state index in [1.165, 1.54) is 34.3 Å². The first-order valence-corrected chi connectivity index (χ1v) is 7.33. The van der Waals surface area contributed by atoms with Crippen molar-refractivity contribution in [3.05, 3.63) is 20.8 Å². The van der Waals surface area contributed by atoms with Crippen molar-refractivity contribution in [3.63, 3.8) is 0 Å². The first kappa shape index (κ1) is 13.2. The molecule has 1 unspecified atom stereocenters. The van der Waals surface area contributed by atoms with Crippen LogP contribution in [0.25, 0.3) is 0 Å². The average molecular weight is 290 g/mol. The molecule has 0 aromatic carbocycles. The highest BCUT2D eigenvalue weighted by Crippen LogP contribution is 2.23. The molecule has 0 aliphatic carbocycles. The van der Waals surface area contributed by atoms with Gasteiger partial charge in [-0.2, -0.15) is 0 Å². The van der Waals surface area contributed by atoms with Crippen LogP contribution < -0.4 is 5.73 Å². The molecule has 1 nitrogen and oxygen atoms in total. The van der Waals surface area contributed by atoms with Crippen molar-refractivity contribution in [2.45, 2.75) is 51.5 Å². The van der Waals surface area contributed by atoms with Crippen molar-refractivity contribution < 1.29 is 0 Å². The van der Waals surface area contributed by atoms with Crippen LogP contribution in [0, 0.1) is 0 Å². The Morgan fingerprint density at radius 2 is 2.13 bits per heavy atom. The molecular weight excluding hydrogens is 270 g/mol. The summed E-state index contributed by atoms with van der Waals surface area (Å²) in [5, 5.41) is 0. The van der Waals surface area contributed by atoms with Gasteiger partial charge in [0.1, 0.15) is 0 Å². The lowest BCUT2D eigenvalue weighted by atomic mass is 10.0. The van der Waals surface area contributed by atoms with E-state index in [4.69, 9.17) is 5.73 Å². The van der Waals surface area contributed by atoms with E-state index in [2.05, 4.69) is 35.0 Å². The smallest absolute Gasteiger partial charge is 0.0701 e. The molecule has 1 aromatic rings. The van der Waals surface area contributed by atoms with Crippen LogP contribution in [0.3, 0.4) is 0 Å². The van der Waals surface area contributed by atoms with E-state index in [-0.39, 0.29) is 0 Å². The van der Waals surface area contributed by atoms with E-state index in [1.807, 2.05) is 0 Å². The van der Waals surface area contributed by atoms with Gasteiger partial charge in [-0.1, -0.05) is 32.6 Å². The Morgan fingerprint density at radius 3 is 2.73 bits per heavy atom. The number of hydrogen-bond acceptors (Lipinski definition) is 2. The van der Waals surface area contributed by atoms with Gasteiger partial charge >= 0.3 is 0 Å². The Bertz CT molecular complexity index is 272. The minimum atomic E-state index is 0.340. The highest BCUT2D eigenvalue weighted by molar-refractivity contribution is 9.11. The maximum atomic E-state index is 6.09. The lowest BCUT2D eigenvalue weighted by Crippen LogP contribution is -2.22. The van der Waals surface area contributed by atoms with E-state index in [0.29, 0.717) is 6.04 Å². The molecule has 1 rings (SSSR count). The molecule has 0 radical (unpaired) electrons. The minimum Gasteiger partial charge on any atom is -0.327 e. The molecule has 15 heavy (non-hydrogen) atoms. The van der Waals surface area contributed by atoms with Gasteiger partial charge in [0.2, 0.25) is 0 Å². The fourth-order valence-corrected chi connectivity index (χ4v) is 3.23. The molecule has 1 atom stereocenters. The van der Waals surface area contributed by atoms with Crippen molar-refractivity contribution in [3.8, 4) is 0 Å². The molecule has 0 aliphatic rings. The number of nitrogens with two attached hydrogens (primary N) is 1. The lowest BCUT2D eigenvalue weighted by Gasteiger charge is -2.09. The number of rotatable bonds is 7. The summed E-state index contributed by atoms with van der Waals surface area (Å²) in [7, 11) is 0. The van der Waals surface area contributed by atoms with Gasteiger partial charge < -0.3 is 5.73 Å². The van der Waals surface area contributed by atoms with E-state index < -0.39 is 0 Å². The Hall–Kier alpha value is 0.140. The average Bonchev–Trinajstić information content (AvgIpc) is 2.59. The second-order valence-corrected chi connectivity index (χ2v) is 6.57. The maximum absolute atomic E-state index is 6.09. The lowest BCUT2D eigenvalue weighted by molar-refractivity contribution is 0.548. The molecule has 0 amide bonds. The molecule has 86 valence electrons. The molecule has 1 heterocycles. The summed E-state index contributed by atoms with van der Waals surface area (Å²) in [6.45, 7) is 2.24. The van der Waals surface area contributed by atoms with Crippen LogP contribution in [0.4, 0.5) is 0 Å². The summed E-state index contributed by atoms with van der Waals surface area (Å²) in [6, 6.07) is 4.61. The first-order chi connectivity index (χ1) is 7.22. The molecular formula is C12H20BrNS. The summed E-state index contributed by atoms with van der Waals surface area (Å²) in [5.74, 6) is 0.